The smallest absolute Gasteiger partial charge is 0.872 e. The first-order chi connectivity index (χ1) is 15.4. The molecule has 178 valence electrons. The van der Waals surface area contributed by atoms with Gasteiger partial charge in [0.25, 0.3) is 10.1 Å². The molecule has 1 N–H and O–H groups in total. The molecule has 2 rings (SSSR count). The molecule has 0 heterocycles. The van der Waals surface area contributed by atoms with Gasteiger partial charge in [0.1, 0.15) is 11.5 Å². The van der Waals surface area contributed by atoms with Crippen LogP contribution in [0.4, 0.5) is 0 Å². The van der Waals surface area contributed by atoms with Gasteiger partial charge in [0, 0.05) is 0 Å². The molecule has 0 aliphatic heterocycles. The Labute approximate surface area is 222 Å². The molecule has 5 nitrogen and oxygen atoms in total. The van der Waals surface area contributed by atoms with Gasteiger partial charge in [0.15, 0.2) is 0 Å². The summed E-state index contributed by atoms with van der Waals surface area (Å²) < 4.78 is 38.8. The van der Waals surface area contributed by atoms with Crippen molar-refractivity contribution in [2.75, 3.05) is 0 Å². The predicted octanol–water partition coefficient (Wildman–Crippen LogP) is 4.05. The summed E-state index contributed by atoms with van der Waals surface area (Å²) in [5.74, 6) is 0.680. The van der Waals surface area contributed by atoms with E-state index < -0.39 is 10.1 Å². The van der Waals surface area contributed by atoms with Crippen LogP contribution in [-0.4, -0.2) is 13.0 Å². The topological polar surface area (TPSA) is 86.7 Å². The zero-order chi connectivity index (χ0) is 23.2. The number of ether oxygens (including phenoxy) is 1. The third kappa shape index (κ3) is 12.3. The largest absolute Gasteiger partial charge is 1.00 e. The van der Waals surface area contributed by atoms with Crippen molar-refractivity contribution in [3.8, 4) is 17.2 Å². The molecule has 2 aromatic carbocycles. The fraction of sp³-hybridized carbons (Fsp3) is 0.538. The van der Waals surface area contributed by atoms with Gasteiger partial charge in [-0.05, 0) is 48.7 Å². The van der Waals surface area contributed by atoms with Crippen molar-refractivity contribution in [3.63, 3.8) is 0 Å². The van der Waals surface area contributed by atoms with E-state index in [0.717, 1.165) is 19.3 Å². The normalized spacial score (nSPS) is 11.2. The summed E-state index contributed by atoms with van der Waals surface area (Å²) in [6.45, 7) is 2.24. The molecule has 0 amide bonds. The van der Waals surface area contributed by atoms with Gasteiger partial charge >= 0.3 is 29.6 Å². The predicted molar refractivity (Wildman–Crippen MR) is 127 cm³/mol. The van der Waals surface area contributed by atoms with Crippen molar-refractivity contribution < 1.29 is 52.4 Å². The van der Waals surface area contributed by atoms with E-state index in [-0.39, 0.29) is 40.2 Å². The molecule has 2 aromatic rings. The molecule has 0 aromatic heterocycles. The number of aryl methyl sites for hydroxylation is 1. The van der Waals surface area contributed by atoms with Crippen LogP contribution in [0.3, 0.4) is 0 Å². The molecule has 0 atom stereocenters. The maximum atomic E-state index is 11.8. The second-order valence-corrected chi connectivity index (χ2v) is 9.85. The van der Waals surface area contributed by atoms with Crippen LogP contribution in [0.15, 0.2) is 47.4 Å². The molecule has 0 saturated heterocycles. The zero-order valence-electron chi connectivity index (χ0n) is 20.2. The maximum Gasteiger partial charge on any atom is 1.00 e. The molecule has 0 fully saturated rings. The summed E-state index contributed by atoms with van der Waals surface area (Å²) in [5.41, 5.74) is 0.537. The number of benzene rings is 2. The van der Waals surface area contributed by atoms with E-state index in [1.54, 1.807) is 18.2 Å². The molecular formula is C26H37NaO5S. The van der Waals surface area contributed by atoms with E-state index in [9.17, 15) is 18.1 Å². The Morgan fingerprint density at radius 1 is 0.788 bits per heavy atom. The van der Waals surface area contributed by atoms with Gasteiger partial charge in [-0.1, -0.05) is 89.7 Å². The van der Waals surface area contributed by atoms with Crippen molar-refractivity contribution in [2.24, 2.45) is 0 Å². The molecule has 0 saturated carbocycles. The Balaban J connectivity index is 0.00000544. The molecule has 0 aliphatic carbocycles. The van der Waals surface area contributed by atoms with Crippen molar-refractivity contribution in [2.45, 2.75) is 95.3 Å². The summed E-state index contributed by atoms with van der Waals surface area (Å²) in [6.07, 6.45) is 15.3. The molecule has 0 radical (unpaired) electrons. The van der Waals surface area contributed by atoms with Gasteiger partial charge < -0.3 is 9.84 Å². The van der Waals surface area contributed by atoms with Gasteiger partial charge in [-0.3, -0.25) is 4.55 Å². The van der Waals surface area contributed by atoms with Gasteiger partial charge in [-0.25, -0.2) is 0 Å². The summed E-state index contributed by atoms with van der Waals surface area (Å²) in [7, 11) is -4.30. The van der Waals surface area contributed by atoms with E-state index in [4.69, 9.17) is 4.74 Å². The Hall–Kier alpha value is -1.05. The average molecular weight is 485 g/mol. The minimum absolute atomic E-state index is 0. The minimum Gasteiger partial charge on any atom is -0.872 e. The van der Waals surface area contributed by atoms with Gasteiger partial charge in [0.05, 0.1) is 4.90 Å². The van der Waals surface area contributed by atoms with E-state index in [0.29, 0.717) is 23.5 Å². The van der Waals surface area contributed by atoms with Crippen molar-refractivity contribution >= 4 is 10.1 Å². The van der Waals surface area contributed by atoms with Crippen LogP contribution in [0.1, 0.15) is 89.5 Å². The Morgan fingerprint density at radius 3 is 1.88 bits per heavy atom. The molecule has 0 bridgehead atoms. The summed E-state index contributed by atoms with van der Waals surface area (Å²) in [6, 6.07) is 10.6. The zero-order valence-corrected chi connectivity index (χ0v) is 23.0. The Kier molecular flexibility index (Phi) is 15.0. The van der Waals surface area contributed by atoms with Crippen molar-refractivity contribution in [1.29, 1.82) is 0 Å². The summed E-state index contributed by atoms with van der Waals surface area (Å²) in [4.78, 5) is -0.0782. The van der Waals surface area contributed by atoms with Gasteiger partial charge in [-0.2, -0.15) is 8.42 Å². The number of unbranched alkanes of at least 4 members (excludes halogenated alkanes) is 11. The van der Waals surface area contributed by atoms with Gasteiger partial charge in [-0.15, -0.1) is 5.75 Å². The van der Waals surface area contributed by atoms with Gasteiger partial charge in [0.2, 0.25) is 0 Å². The van der Waals surface area contributed by atoms with E-state index in [1.165, 1.54) is 82.1 Å². The standard InChI is InChI=1S/C26H38O5S.Na/c1-2-3-4-5-6-7-8-9-10-11-12-13-15-22-20-25(18-19-26(22)32(28,29)30)31-24-17-14-16-23(27)21-24;/h14,16-21,27H,2-13,15H2,1H3,(H,28,29,30);/q;+1/p-1. The van der Waals surface area contributed by atoms with Crippen LogP contribution < -0.4 is 39.4 Å². The quantitative estimate of drug-likeness (QED) is 0.221. The fourth-order valence-corrected chi connectivity index (χ4v) is 4.63. The molecule has 0 aliphatic rings. The van der Waals surface area contributed by atoms with Crippen LogP contribution in [0.2, 0.25) is 0 Å². The number of hydrogen-bond donors (Lipinski definition) is 1. The number of rotatable bonds is 16. The van der Waals surface area contributed by atoms with Crippen LogP contribution in [0, 0.1) is 0 Å². The van der Waals surface area contributed by atoms with Crippen LogP contribution in [-0.2, 0) is 16.5 Å². The molecule has 0 unspecified atom stereocenters. The third-order valence-electron chi connectivity index (χ3n) is 5.65. The Morgan fingerprint density at radius 2 is 1.33 bits per heavy atom. The summed E-state index contributed by atoms with van der Waals surface area (Å²) in [5, 5.41) is 11.5. The molecule has 0 spiro atoms. The van der Waals surface area contributed by atoms with Crippen molar-refractivity contribution in [3.05, 3.63) is 48.0 Å². The average Bonchev–Trinajstić information content (AvgIpc) is 2.74. The van der Waals surface area contributed by atoms with E-state index in [1.807, 2.05) is 0 Å². The fourth-order valence-electron chi connectivity index (χ4n) is 3.90. The second-order valence-electron chi connectivity index (χ2n) is 8.46. The summed E-state index contributed by atoms with van der Waals surface area (Å²) >= 11 is 0. The van der Waals surface area contributed by atoms with Crippen LogP contribution >= 0.6 is 0 Å². The van der Waals surface area contributed by atoms with Crippen molar-refractivity contribution in [1.82, 2.24) is 0 Å². The molecule has 33 heavy (non-hydrogen) atoms. The first-order valence-electron chi connectivity index (χ1n) is 12.0. The van der Waals surface area contributed by atoms with E-state index >= 15 is 0 Å². The maximum absolute atomic E-state index is 11.8. The SMILES string of the molecule is CCCCCCCCCCCCCCc1cc(Oc2cccc([O-])c2)ccc1S(=O)(=O)O.[Na+]. The Bertz CT molecular complexity index is 915. The first-order valence-corrected chi connectivity index (χ1v) is 13.4. The number of hydrogen-bond acceptors (Lipinski definition) is 4. The minimum atomic E-state index is -4.30. The van der Waals surface area contributed by atoms with E-state index in [2.05, 4.69) is 6.92 Å². The second kappa shape index (κ2) is 16.6. The third-order valence-corrected chi connectivity index (χ3v) is 6.60. The molecular weight excluding hydrogens is 447 g/mol. The van der Waals surface area contributed by atoms with Crippen LogP contribution in [0.25, 0.3) is 0 Å². The first kappa shape index (κ1) is 30.0. The van der Waals surface area contributed by atoms with Crippen LogP contribution in [0.5, 0.6) is 17.2 Å². The monoisotopic (exact) mass is 484 g/mol. The molecule has 7 heteroatoms.